The van der Waals surface area contributed by atoms with E-state index in [9.17, 15) is 9.59 Å². The van der Waals surface area contributed by atoms with Crippen LogP contribution in [-0.2, 0) is 0 Å². The number of nitrogens with one attached hydrogen (secondary N) is 2. The second-order valence-corrected chi connectivity index (χ2v) is 4.92. The monoisotopic (exact) mass is 295 g/mol. The Hall–Kier alpha value is -2.04. The Kier molecular flexibility index (Phi) is 6.56. The lowest BCUT2D eigenvalue weighted by Gasteiger charge is -2.12. The fourth-order valence-corrected chi connectivity index (χ4v) is 2.07. The summed E-state index contributed by atoms with van der Waals surface area (Å²) in [6.07, 6.45) is 0. The van der Waals surface area contributed by atoms with Gasteiger partial charge in [0.05, 0.1) is 0 Å². The van der Waals surface area contributed by atoms with Crippen LogP contribution in [0.1, 0.15) is 15.2 Å². The zero-order chi connectivity index (χ0) is 15.0. The van der Waals surface area contributed by atoms with Crippen molar-refractivity contribution in [3.63, 3.8) is 0 Å². The van der Waals surface area contributed by atoms with Gasteiger partial charge in [-0.05, 0) is 11.4 Å². The molecule has 0 atom stereocenters. The average Bonchev–Trinajstić information content (AvgIpc) is 2.88. The molecule has 0 saturated heterocycles. The fraction of sp³-hybridized carbons (Fsp3) is 0.385. The van der Waals surface area contributed by atoms with Gasteiger partial charge in [0.2, 0.25) is 0 Å². The van der Waals surface area contributed by atoms with Crippen LogP contribution < -0.4 is 10.6 Å². The number of urea groups is 1. The van der Waals surface area contributed by atoms with Gasteiger partial charge in [-0.2, -0.15) is 0 Å². The van der Waals surface area contributed by atoms with Crippen molar-refractivity contribution >= 4 is 23.3 Å². The van der Waals surface area contributed by atoms with E-state index < -0.39 is 0 Å². The molecule has 0 saturated carbocycles. The Morgan fingerprint density at radius 2 is 2.05 bits per heavy atom. The van der Waals surface area contributed by atoms with E-state index in [4.69, 9.17) is 5.11 Å². The predicted octanol–water partition coefficient (Wildman–Crippen LogP) is 0.0929. The minimum atomic E-state index is -0.243. The summed E-state index contributed by atoms with van der Waals surface area (Å²) in [6.45, 7) is 0.447. The molecule has 0 aromatic carbocycles. The summed E-state index contributed by atoms with van der Waals surface area (Å²) < 4.78 is 0. The van der Waals surface area contributed by atoms with Crippen molar-refractivity contribution in [1.82, 2.24) is 15.5 Å². The van der Waals surface area contributed by atoms with Gasteiger partial charge in [-0.15, -0.1) is 11.3 Å². The van der Waals surface area contributed by atoms with Crippen LogP contribution in [0.4, 0.5) is 4.79 Å². The highest BCUT2D eigenvalue weighted by Crippen LogP contribution is 2.15. The quantitative estimate of drug-likeness (QED) is 0.544. The maximum Gasteiger partial charge on any atom is 0.316 e. The zero-order valence-corrected chi connectivity index (χ0v) is 12.2. The Labute approximate surface area is 121 Å². The molecular formula is C13H17N3O3S. The van der Waals surface area contributed by atoms with Crippen molar-refractivity contribution in [3.8, 4) is 11.8 Å². The molecular weight excluding hydrogens is 278 g/mol. The molecule has 0 unspecified atom stereocenters. The molecule has 0 aliphatic carbocycles. The van der Waals surface area contributed by atoms with Gasteiger partial charge in [0.15, 0.2) is 0 Å². The number of amides is 3. The number of aliphatic hydroxyl groups is 1. The second kappa shape index (κ2) is 8.19. The highest BCUT2D eigenvalue weighted by atomic mass is 32.1. The molecule has 0 spiro atoms. The molecule has 7 heteroatoms. The molecule has 0 radical (unpaired) electrons. The van der Waals surface area contributed by atoms with Gasteiger partial charge in [0, 0.05) is 32.7 Å². The number of hydrogen-bond donors (Lipinski definition) is 3. The number of hydrogen-bond acceptors (Lipinski definition) is 4. The van der Waals surface area contributed by atoms with Gasteiger partial charge in [0.1, 0.15) is 11.5 Å². The van der Waals surface area contributed by atoms with Crippen molar-refractivity contribution in [2.75, 3.05) is 33.8 Å². The largest absolute Gasteiger partial charge is 0.384 e. The lowest BCUT2D eigenvalue weighted by molar-refractivity contribution is 0.0957. The van der Waals surface area contributed by atoms with E-state index in [0.717, 1.165) is 0 Å². The third kappa shape index (κ3) is 4.91. The van der Waals surface area contributed by atoms with Crippen LogP contribution in [0.25, 0.3) is 0 Å². The van der Waals surface area contributed by atoms with Crippen LogP contribution >= 0.6 is 11.3 Å². The minimum Gasteiger partial charge on any atom is -0.384 e. The normalized spacial score (nSPS) is 9.35. The van der Waals surface area contributed by atoms with Crippen LogP contribution in [-0.4, -0.2) is 55.7 Å². The third-order valence-electron chi connectivity index (χ3n) is 2.27. The molecule has 3 amide bonds. The number of thiophene rings is 1. The summed E-state index contributed by atoms with van der Waals surface area (Å²) in [7, 11) is 3.29. The molecule has 1 rings (SSSR count). The molecule has 1 aromatic rings. The van der Waals surface area contributed by atoms with Crippen molar-refractivity contribution in [2.24, 2.45) is 0 Å². The molecule has 6 nitrogen and oxygen atoms in total. The standard InChI is InChI=1S/C13H17N3O3S/c1-16(2)13(19)15-7-6-14-12(18)11-10(4-3-8-17)5-9-20-11/h5,9,17H,6-8H2,1-2H3,(H,14,18)(H,15,19). The van der Waals surface area contributed by atoms with Crippen LogP contribution in [0.5, 0.6) is 0 Å². The Morgan fingerprint density at radius 1 is 1.35 bits per heavy atom. The molecule has 0 aliphatic heterocycles. The number of carbonyl (C=O) groups is 2. The molecule has 108 valence electrons. The molecule has 3 N–H and O–H groups in total. The maximum atomic E-state index is 11.9. The van der Waals surface area contributed by atoms with Gasteiger partial charge in [-0.25, -0.2) is 4.79 Å². The van der Waals surface area contributed by atoms with Crippen LogP contribution in [0.2, 0.25) is 0 Å². The highest BCUT2D eigenvalue weighted by molar-refractivity contribution is 7.12. The Morgan fingerprint density at radius 3 is 2.70 bits per heavy atom. The van der Waals surface area contributed by atoms with E-state index in [1.54, 1.807) is 25.5 Å². The summed E-state index contributed by atoms with van der Waals surface area (Å²) in [6, 6.07) is 1.53. The van der Waals surface area contributed by atoms with E-state index in [0.29, 0.717) is 23.5 Å². The molecule has 0 fully saturated rings. The molecule has 0 aliphatic rings. The van der Waals surface area contributed by atoms with E-state index in [1.165, 1.54) is 16.2 Å². The van der Waals surface area contributed by atoms with Gasteiger partial charge in [-0.1, -0.05) is 11.8 Å². The van der Waals surface area contributed by atoms with Gasteiger partial charge < -0.3 is 20.6 Å². The number of aliphatic hydroxyl groups excluding tert-OH is 1. The van der Waals surface area contributed by atoms with Crippen molar-refractivity contribution in [3.05, 3.63) is 21.9 Å². The summed E-state index contributed by atoms with van der Waals surface area (Å²) >= 11 is 1.29. The van der Waals surface area contributed by atoms with Crippen LogP contribution in [0, 0.1) is 11.8 Å². The average molecular weight is 295 g/mol. The SMILES string of the molecule is CN(C)C(=O)NCCNC(=O)c1sccc1C#CCO. The Bertz CT molecular complexity index is 528. The first-order valence-corrected chi connectivity index (χ1v) is 6.84. The summed E-state index contributed by atoms with van der Waals surface area (Å²) in [5.74, 6) is 5.00. The lowest BCUT2D eigenvalue weighted by atomic mass is 10.2. The van der Waals surface area contributed by atoms with Crippen LogP contribution in [0.15, 0.2) is 11.4 Å². The topological polar surface area (TPSA) is 81.7 Å². The summed E-state index contributed by atoms with van der Waals surface area (Å²) in [5.41, 5.74) is 0.596. The van der Waals surface area contributed by atoms with Gasteiger partial charge >= 0.3 is 6.03 Å². The molecule has 1 aromatic heterocycles. The first-order chi connectivity index (χ1) is 9.56. The van der Waals surface area contributed by atoms with Crippen molar-refractivity contribution < 1.29 is 14.7 Å². The van der Waals surface area contributed by atoms with E-state index in [-0.39, 0.29) is 18.5 Å². The zero-order valence-electron chi connectivity index (χ0n) is 11.4. The fourth-order valence-electron chi connectivity index (χ4n) is 1.30. The first-order valence-electron chi connectivity index (χ1n) is 5.97. The van der Waals surface area contributed by atoms with Crippen LogP contribution in [0.3, 0.4) is 0 Å². The molecule has 1 heterocycles. The lowest BCUT2D eigenvalue weighted by Crippen LogP contribution is -2.39. The van der Waals surface area contributed by atoms with E-state index >= 15 is 0 Å². The third-order valence-corrected chi connectivity index (χ3v) is 3.18. The smallest absolute Gasteiger partial charge is 0.316 e. The highest BCUT2D eigenvalue weighted by Gasteiger charge is 2.11. The second-order valence-electron chi connectivity index (χ2n) is 4.01. The van der Waals surface area contributed by atoms with Gasteiger partial charge in [0.25, 0.3) is 5.91 Å². The van der Waals surface area contributed by atoms with Crippen molar-refractivity contribution in [2.45, 2.75) is 0 Å². The minimum absolute atomic E-state index is 0.204. The number of rotatable bonds is 4. The maximum absolute atomic E-state index is 11.9. The number of carbonyl (C=O) groups excluding carboxylic acids is 2. The summed E-state index contributed by atoms with van der Waals surface area (Å²) in [4.78, 5) is 25.1. The van der Waals surface area contributed by atoms with E-state index in [1.807, 2.05) is 0 Å². The van der Waals surface area contributed by atoms with E-state index in [2.05, 4.69) is 22.5 Å². The predicted molar refractivity (Wildman–Crippen MR) is 77.7 cm³/mol. The summed E-state index contributed by atoms with van der Waals surface area (Å²) in [5, 5.41) is 15.8. The van der Waals surface area contributed by atoms with Gasteiger partial charge in [-0.3, -0.25) is 4.79 Å². The first kappa shape index (κ1) is 16.0. The molecule has 0 bridgehead atoms. The molecule has 20 heavy (non-hydrogen) atoms. The number of nitrogens with zero attached hydrogens (tertiary/aromatic N) is 1. The Balaban J connectivity index is 2.44. The van der Waals surface area contributed by atoms with Crippen molar-refractivity contribution in [1.29, 1.82) is 0 Å².